The van der Waals surface area contributed by atoms with Crippen LogP contribution in [0.15, 0.2) is 0 Å². The van der Waals surface area contributed by atoms with E-state index in [1.807, 2.05) is 6.92 Å². The SMILES string of the molecule is C#CC(CC)NC(=O)COCC(=O)O. The van der Waals surface area contributed by atoms with E-state index in [4.69, 9.17) is 11.5 Å². The van der Waals surface area contributed by atoms with Crippen LogP contribution in [0.4, 0.5) is 0 Å². The van der Waals surface area contributed by atoms with Crippen molar-refractivity contribution in [2.75, 3.05) is 13.2 Å². The summed E-state index contributed by atoms with van der Waals surface area (Å²) in [6, 6.07) is -0.323. The highest BCUT2D eigenvalue weighted by Crippen LogP contribution is 1.87. The predicted molar refractivity (Wildman–Crippen MR) is 49.5 cm³/mol. The average molecular weight is 199 g/mol. The van der Waals surface area contributed by atoms with Crippen LogP contribution in [0.3, 0.4) is 0 Å². The van der Waals surface area contributed by atoms with Crippen molar-refractivity contribution in [1.82, 2.24) is 5.32 Å². The van der Waals surface area contributed by atoms with Gasteiger partial charge in [-0.3, -0.25) is 4.79 Å². The minimum atomic E-state index is -1.11. The monoisotopic (exact) mass is 199 g/mol. The Kier molecular flexibility index (Phi) is 6.16. The fraction of sp³-hybridized carbons (Fsp3) is 0.556. The van der Waals surface area contributed by atoms with Gasteiger partial charge in [0.05, 0.1) is 6.04 Å². The topological polar surface area (TPSA) is 75.6 Å². The number of ether oxygens (including phenoxy) is 1. The second-order valence-corrected chi connectivity index (χ2v) is 2.58. The molecule has 0 saturated heterocycles. The number of rotatable bonds is 6. The third kappa shape index (κ3) is 6.03. The van der Waals surface area contributed by atoms with Crippen LogP contribution in [0.1, 0.15) is 13.3 Å². The maximum absolute atomic E-state index is 11.0. The van der Waals surface area contributed by atoms with Crippen LogP contribution >= 0.6 is 0 Å². The van der Waals surface area contributed by atoms with E-state index in [0.29, 0.717) is 6.42 Å². The van der Waals surface area contributed by atoms with Crippen LogP contribution in [0.2, 0.25) is 0 Å². The van der Waals surface area contributed by atoms with Crippen molar-refractivity contribution in [3.63, 3.8) is 0 Å². The molecule has 0 rings (SSSR count). The Labute approximate surface area is 82.4 Å². The summed E-state index contributed by atoms with van der Waals surface area (Å²) in [5.41, 5.74) is 0. The van der Waals surface area contributed by atoms with E-state index in [1.165, 1.54) is 0 Å². The van der Waals surface area contributed by atoms with Crippen LogP contribution in [0.25, 0.3) is 0 Å². The lowest BCUT2D eigenvalue weighted by atomic mass is 10.2. The fourth-order valence-corrected chi connectivity index (χ4v) is 0.729. The summed E-state index contributed by atoms with van der Waals surface area (Å²) in [6.07, 6.45) is 5.73. The lowest BCUT2D eigenvalue weighted by molar-refractivity contribution is -0.143. The summed E-state index contributed by atoms with van der Waals surface area (Å²) in [6.45, 7) is 1.06. The number of terminal acetylenes is 1. The van der Waals surface area contributed by atoms with Crippen molar-refractivity contribution in [3.05, 3.63) is 0 Å². The first-order valence-corrected chi connectivity index (χ1v) is 4.15. The molecule has 0 aliphatic rings. The van der Waals surface area contributed by atoms with Gasteiger partial charge in [-0.15, -0.1) is 6.42 Å². The number of hydrogen-bond donors (Lipinski definition) is 2. The number of carbonyl (C=O) groups is 2. The molecular formula is C9H13NO4. The Morgan fingerprint density at radius 1 is 1.57 bits per heavy atom. The summed E-state index contributed by atoms with van der Waals surface area (Å²) in [7, 11) is 0. The molecule has 0 aliphatic heterocycles. The molecule has 1 atom stereocenters. The van der Waals surface area contributed by atoms with Crippen LogP contribution in [0.5, 0.6) is 0 Å². The van der Waals surface area contributed by atoms with E-state index in [1.54, 1.807) is 0 Å². The third-order valence-electron chi connectivity index (χ3n) is 1.40. The molecule has 2 N–H and O–H groups in total. The first-order chi connectivity index (χ1) is 6.60. The molecule has 0 fully saturated rings. The molecule has 0 aromatic heterocycles. The summed E-state index contributed by atoms with van der Waals surface area (Å²) in [5, 5.41) is 10.7. The standard InChI is InChI=1S/C9H13NO4/c1-3-7(4-2)10-8(11)5-14-6-9(12)13/h1,7H,4-6H2,2H3,(H,10,11)(H,12,13). The summed E-state index contributed by atoms with van der Waals surface area (Å²) in [5.74, 6) is 0.862. The molecule has 78 valence electrons. The second kappa shape index (κ2) is 6.92. The van der Waals surface area contributed by atoms with Crippen LogP contribution < -0.4 is 5.32 Å². The van der Waals surface area contributed by atoms with E-state index in [2.05, 4.69) is 16.0 Å². The summed E-state index contributed by atoms with van der Waals surface area (Å²) in [4.78, 5) is 21.1. The highest BCUT2D eigenvalue weighted by molar-refractivity contribution is 5.78. The number of nitrogens with one attached hydrogen (secondary N) is 1. The van der Waals surface area contributed by atoms with Gasteiger partial charge >= 0.3 is 5.97 Å². The van der Waals surface area contributed by atoms with E-state index >= 15 is 0 Å². The number of carboxylic acid groups (broad SMARTS) is 1. The minimum absolute atomic E-state index is 0.287. The number of carbonyl (C=O) groups excluding carboxylic acids is 1. The van der Waals surface area contributed by atoms with Crippen molar-refractivity contribution in [2.24, 2.45) is 0 Å². The van der Waals surface area contributed by atoms with Crippen molar-refractivity contribution in [2.45, 2.75) is 19.4 Å². The lowest BCUT2D eigenvalue weighted by Gasteiger charge is -2.09. The molecule has 5 heteroatoms. The van der Waals surface area contributed by atoms with Gasteiger partial charge in [0.25, 0.3) is 0 Å². The van der Waals surface area contributed by atoms with E-state index in [9.17, 15) is 9.59 Å². The van der Waals surface area contributed by atoms with Gasteiger partial charge in [-0.25, -0.2) is 4.79 Å². The quantitative estimate of drug-likeness (QED) is 0.571. The Bertz CT molecular complexity index is 244. The summed E-state index contributed by atoms with van der Waals surface area (Å²) < 4.78 is 4.57. The molecule has 0 aliphatic carbocycles. The molecule has 0 saturated carbocycles. The van der Waals surface area contributed by atoms with Gasteiger partial charge in [0.15, 0.2) is 0 Å². The lowest BCUT2D eigenvalue weighted by Crippen LogP contribution is -2.36. The van der Waals surface area contributed by atoms with Gasteiger partial charge in [-0.05, 0) is 6.42 Å². The largest absolute Gasteiger partial charge is 0.480 e. The van der Waals surface area contributed by atoms with Gasteiger partial charge in [-0.1, -0.05) is 12.8 Å². The van der Waals surface area contributed by atoms with Gasteiger partial charge in [0, 0.05) is 0 Å². The van der Waals surface area contributed by atoms with Crippen molar-refractivity contribution in [3.8, 4) is 12.3 Å². The first-order valence-electron chi connectivity index (χ1n) is 4.15. The van der Waals surface area contributed by atoms with Gasteiger partial charge in [-0.2, -0.15) is 0 Å². The molecule has 0 aromatic rings. The second-order valence-electron chi connectivity index (χ2n) is 2.58. The minimum Gasteiger partial charge on any atom is -0.480 e. The van der Waals surface area contributed by atoms with Crippen LogP contribution in [-0.2, 0) is 14.3 Å². The molecular weight excluding hydrogens is 186 g/mol. The van der Waals surface area contributed by atoms with Gasteiger partial charge in [0.1, 0.15) is 13.2 Å². The zero-order valence-corrected chi connectivity index (χ0v) is 7.95. The molecule has 0 bridgehead atoms. The Morgan fingerprint density at radius 3 is 2.64 bits per heavy atom. The number of amides is 1. The maximum Gasteiger partial charge on any atom is 0.329 e. The third-order valence-corrected chi connectivity index (χ3v) is 1.40. The number of hydrogen-bond acceptors (Lipinski definition) is 3. The van der Waals surface area contributed by atoms with Gasteiger partial charge in [0.2, 0.25) is 5.91 Å². The Hall–Kier alpha value is -1.54. The number of aliphatic carboxylic acids is 1. The predicted octanol–water partition coefficient (Wildman–Crippen LogP) is -0.384. The Morgan fingerprint density at radius 2 is 2.21 bits per heavy atom. The van der Waals surface area contributed by atoms with Crippen LogP contribution in [-0.4, -0.2) is 36.2 Å². The van der Waals surface area contributed by atoms with E-state index < -0.39 is 18.5 Å². The maximum atomic E-state index is 11.0. The number of carboxylic acids is 1. The molecule has 14 heavy (non-hydrogen) atoms. The van der Waals surface area contributed by atoms with Crippen molar-refractivity contribution >= 4 is 11.9 Å². The molecule has 0 spiro atoms. The average Bonchev–Trinajstić information content (AvgIpc) is 2.13. The van der Waals surface area contributed by atoms with Crippen molar-refractivity contribution < 1.29 is 19.4 Å². The highest BCUT2D eigenvalue weighted by atomic mass is 16.5. The van der Waals surface area contributed by atoms with E-state index in [0.717, 1.165) is 0 Å². The fourth-order valence-electron chi connectivity index (χ4n) is 0.729. The molecule has 5 nitrogen and oxygen atoms in total. The Balaban J connectivity index is 3.65. The molecule has 1 amide bonds. The molecule has 0 radical (unpaired) electrons. The van der Waals surface area contributed by atoms with Gasteiger partial charge < -0.3 is 15.2 Å². The van der Waals surface area contributed by atoms with E-state index in [-0.39, 0.29) is 12.6 Å². The van der Waals surface area contributed by atoms with Crippen molar-refractivity contribution in [1.29, 1.82) is 0 Å². The normalized spacial score (nSPS) is 11.4. The summed E-state index contributed by atoms with van der Waals surface area (Å²) >= 11 is 0. The molecule has 1 unspecified atom stereocenters. The zero-order chi connectivity index (χ0) is 11.0. The molecule has 0 aromatic carbocycles. The smallest absolute Gasteiger partial charge is 0.329 e. The highest BCUT2D eigenvalue weighted by Gasteiger charge is 2.07. The first kappa shape index (κ1) is 12.5. The van der Waals surface area contributed by atoms with Crippen LogP contribution in [0, 0.1) is 12.3 Å². The zero-order valence-electron chi connectivity index (χ0n) is 7.95. The molecule has 0 heterocycles.